The number of rotatable bonds is 1. The lowest BCUT2D eigenvalue weighted by Crippen LogP contribution is -2.19. The molecule has 3 nitrogen and oxygen atoms in total. The van der Waals surface area contributed by atoms with Gasteiger partial charge in [-0.15, -0.1) is 13.2 Å². The first-order valence-electron chi connectivity index (χ1n) is 3.33. The summed E-state index contributed by atoms with van der Waals surface area (Å²) in [6.45, 7) is 1.36. The summed E-state index contributed by atoms with van der Waals surface area (Å²) in [7, 11) is 0. The molecule has 0 amide bonds. The minimum atomic E-state index is -4.73. The predicted molar refractivity (Wildman–Crippen MR) is 38.5 cm³/mol. The van der Waals surface area contributed by atoms with Crippen molar-refractivity contribution in [2.24, 2.45) is 0 Å². The van der Waals surface area contributed by atoms with E-state index >= 15 is 0 Å². The highest BCUT2D eigenvalue weighted by atomic mass is 19.4. The quantitative estimate of drug-likeness (QED) is 0.735. The molecule has 6 heteroatoms. The lowest BCUT2D eigenvalue weighted by Gasteiger charge is -2.09. The van der Waals surface area contributed by atoms with Crippen LogP contribution in [0.1, 0.15) is 5.56 Å². The largest absolute Gasteiger partial charge is 0.573 e. The number of hydrogen-bond acceptors (Lipinski definition) is 2. The van der Waals surface area contributed by atoms with E-state index in [1.165, 1.54) is 6.92 Å². The summed E-state index contributed by atoms with van der Waals surface area (Å²) in [5.74, 6) is -0.396. The highest BCUT2D eigenvalue weighted by Gasteiger charge is 2.31. The fourth-order valence-corrected chi connectivity index (χ4v) is 0.795. The maximum Gasteiger partial charge on any atom is 0.573 e. The van der Waals surface area contributed by atoms with Crippen LogP contribution in [0.2, 0.25) is 0 Å². The van der Waals surface area contributed by atoms with Crippen LogP contribution in [-0.2, 0) is 0 Å². The van der Waals surface area contributed by atoms with Crippen molar-refractivity contribution in [1.82, 2.24) is 4.98 Å². The van der Waals surface area contributed by atoms with Crippen LogP contribution in [0.25, 0.3) is 0 Å². The van der Waals surface area contributed by atoms with Gasteiger partial charge in [-0.05, 0) is 12.5 Å². The lowest BCUT2D eigenvalue weighted by atomic mass is 10.3. The van der Waals surface area contributed by atoms with Gasteiger partial charge in [0.1, 0.15) is 5.75 Å². The Kier molecular flexibility index (Phi) is 2.31. The molecule has 0 saturated carbocycles. The van der Waals surface area contributed by atoms with Gasteiger partial charge in [0.25, 0.3) is 0 Å². The first-order valence-corrected chi connectivity index (χ1v) is 3.33. The van der Waals surface area contributed by atoms with Crippen LogP contribution in [0, 0.1) is 6.92 Å². The maximum atomic E-state index is 11.7. The summed E-state index contributed by atoms with van der Waals surface area (Å²) >= 11 is 0. The molecular formula is C7H6F3NO2. The van der Waals surface area contributed by atoms with Gasteiger partial charge in [-0.3, -0.25) is 4.79 Å². The average molecular weight is 193 g/mol. The number of H-pyrrole nitrogens is 1. The number of aryl methyl sites for hydroxylation is 1. The van der Waals surface area contributed by atoms with Gasteiger partial charge in [-0.1, -0.05) is 0 Å². The van der Waals surface area contributed by atoms with Gasteiger partial charge >= 0.3 is 6.36 Å². The van der Waals surface area contributed by atoms with E-state index in [0.717, 1.165) is 12.3 Å². The van der Waals surface area contributed by atoms with E-state index < -0.39 is 17.7 Å². The molecule has 0 aromatic carbocycles. The molecule has 1 rings (SSSR count). The maximum absolute atomic E-state index is 11.7. The summed E-state index contributed by atoms with van der Waals surface area (Å²) in [4.78, 5) is 12.7. The van der Waals surface area contributed by atoms with E-state index in [4.69, 9.17) is 0 Å². The molecule has 0 saturated heterocycles. The molecule has 0 aliphatic rings. The number of nitrogens with one attached hydrogen (secondary N) is 1. The number of alkyl halides is 3. The average Bonchev–Trinajstić information content (AvgIpc) is 1.93. The van der Waals surface area contributed by atoms with Crippen LogP contribution in [0.5, 0.6) is 5.75 Å². The Morgan fingerprint density at radius 2 is 2.08 bits per heavy atom. The van der Waals surface area contributed by atoms with E-state index in [1.807, 2.05) is 0 Å². The Morgan fingerprint density at radius 1 is 1.46 bits per heavy atom. The van der Waals surface area contributed by atoms with Crippen molar-refractivity contribution >= 4 is 0 Å². The van der Waals surface area contributed by atoms with Gasteiger partial charge in [-0.2, -0.15) is 0 Å². The van der Waals surface area contributed by atoms with Gasteiger partial charge in [-0.25, -0.2) is 0 Å². The molecule has 1 N–H and O–H groups in total. The molecule has 1 heterocycles. The number of ether oxygens (including phenoxy) is 1. The third kappa shape index (κ3) is 2.81. The van der Waals surface area contributed by atoms with Crippen LogP contribution in [-0.4, -0.2) is 11.3 Å². The Balaban J connectivity index is 2.97. The molecule has 0 unspecified atom stereocenters. The third-order valence-electron chi connectivity index (χ3n) is 1.31. The Hall–Kier alpha value is -1.46. The summed E-state index contributed by atoms with van der Waals surface area (Å²) < 4.78 is 38.7. The van der Waals surface area contributed by atoms with Crippen LogP contribution in [0.4, 0.5) is 13.2 Å². The number of hydrogen-bond donors (Lipinski definition) is 1. The lowest BCUT2D eigenvalue weighted by molar-refractivity contribution is -0.275. The number of halogens is 3. The minimum Gasteiger partial charge on any atom is -0.404 e. The third-order valence-corrected chi connectivity index (χ3v) is 1.31. The van der Waals surface area contributed by atoms with E-state index in [0.29, 0.717) is 0 Å². The second kappa shape index (κ2) is 3.12. The molecule has 72 valence electrons. The number of aromatic amines is 1. The van der Waals surface area contributed by atoms with E-state index in [9.17, 15) is 18.0 Å². The Labute approximate surface area is 71.2 Å². The number of aromatic nitrogens is 1. The summed E-state index contributed by atoms with van der Waals surface area (Å²) in [5, 5.41) is 0. The molecule has 0 spiro atoms. The van der Waals surface area contributed by atoms with Crippen molar-refractivity contribution < 1.29 is 17.9 Å². The van der Waals surface area contributed by atoms with Gasteiger partial charge in [0.2, 0.25) is 5.56 Å². The molecule has 0 radical (unpaired) electrons. The van der Waals surface area contributed by atoms with Gasteiger partial charge in [0.15, 0.2) is 0 Å². The van der Waals surface area contributed by atoms with Gasteiger partial charge < -0.3 is 9.72 Å². The van der Waals surface area contributed by atoms with E-state index in [1.54, 1.807) is 0 Å². The van der Waals surface area contributed by atoms with Crippen molar-refractivity contribution in [2.75, 3.05) is 0 Å². The molecule has 13 heavy (non-hydrogen) atoms. The molecule has 0 fully saturated rings. The van der Waals surface area contributed by atoms with Gasteiger partial charge in [0, 0.05) is 12.3 Å². The zero-order valence-corrected chi connectivity index (χ0v) is 6.61. The van der Waals surface area contributed by atoms with E-state index in [2.05, 4.69) is 9.72 Å². The normalized spacial score (nSPS) is 11.4. The zero-order chi connectivity index (χ0) is 10.1. The summed E-state index contributed by atoms with van der Waals surface area (Å²) in [6.07, 6.45) is -3.85. The van der Waals surface area contributed by atoms with E-state index in [-0.39, 0.29) is 5.56 Å². The Morgan fingerprint density at radius 3 is 2.54 bits per heavy atom. The number of pyridine rings is 1. The fourth-order valence-electron chi connectivity index (χ4n) is 0.795. The van der Waals surface area contributed by atoms with Crippen LogP contribution in [0.15, 0.2) is 17.1 Å². The van der Waals surface area contributed by atoms with Crippen LogP contribution in [0.3, 0.4) is 0 Å². The van der Waals surface area contributed by atoms with Crippen molar-refractivity contribution in [3.05, 3.63) is 28.2 Å². The SMILES string of the molecule is Cc1cc(=O)[nH]cc1OC(F)(F)F. The smallest absolute Gasteiger partial charge is 0.404 e. The highest BCUT2D eigenvalue weighted by molar-refractivity contribution is 5.28. The molecule has 0 atom stereocenters. The van der Waals surface area contributed by atoms with Crippen LogP contribution >= 0.6 is 0 Å². The van der Waals surface area contributed by atoms with Crippen molar-refractivity contribution in [1.29, 1.82) is 0 Å². The first-order chi connectivity index (χ1) is 5.88. The van der Waals surface area contributed by atoms with Crippen LogP contribution < -0.4 is 10.3 Å². The Bertz CT molecular complexity index is 355. The standard InChI is InChI=1S/C7H6F3NO2/c1-4-2-6(12)11-3-5(4)13-7(8,9)10/h2-3H,1H3,(H,11,12). The zero-order valence-electron chi connectivity index (χ0n) is 6.61. The predicted octanol–water partition coefficient (Wildman–Crippen LogP) is 1.58. The second-order valence-corrected chi connectivity index (χ2v) is 2.39. The van der Waals surface area contributed by atoms with Crippen molar-refractivity contribution in [2.45, 2.75) is 13.3 Å². The molecule has 0 bridgehead atoms. The summed E-state index contributed by atoms with van der Waals surface area (Å²) in [5.41, 5.74) is -0.326. The molecule has 0 aliphatic carbocycles. The van der Waals surface area contributed by atoms with Crippen molar-refractivity contribution in [3.63, 3.8) is 0 Å². The monoisotopic (exact) mass is 193 g/mol. The topological polar surface area (TPSA) is 42.1 Å². The summed E-state index contributed by atoms with van der Waals surface area (Å²) in [6, 6.07) is 1.03. The molecule has 1 aromatic heterocycles. The molecule has 0 aliphatic heterocycles. The molecular weight excluding hydrogens is 187 g/mol. The first kappa shape index (κ1) is 9.63. The minimum absolute atomic E-state index is 0.140. The second-order valence-electron chi connectivity index (χ2n) is 2.39. The highest BCUT2D eigenvalue weighted by Crippen LogP contribution is 2.23. The van der Waals surface area contributed by atoms with Gasteiger partial charge in [0.05, 0.1) is 0 Å². The fraction of sp³-hybridized carbons (Fsp3) is 0.286. The van der Waals surface area contributed by atoms with Crippen molar-refractivity contribution in [3.8, 4) is 5.75 Å². The molecule has 1 aromatic rings.